The molecular weight excluding hydrogens is 493 g/mol. The van der Waals surface area contributed by atoms with Gasteiger partial charge in [0.25, 0.3) is 0 Å². The molecular formula is C24H28ClF3N8. The number of hydrogen-bond donors (Lipinski definition) is 2. The highest BCUT2D eigenvalue weighted by atomic mass is 35.5. The van der Waals surface area contributed by atoms with Gasteiger partial charge >= 0.3 is 6.18 Å². The van der Waals surface area contributed by atoms with Crippen LogP contribution in [0.2, 0.25) is 5.02 Å². The molecule has 8 nitrogen and oxygen atoms in total. The number of unbranched alkanes of at least 4 members (excludes halogenated alkanes) is 1. The Balaban J connectivity index is 1.26. The Morgan fingerprint density at radius 1 is 1.08 bits per heavy atom. The number of nitrogens with zero attached hydrogens (tertiary/aromatic N) is 6. The summed E-state index contributed by atoms with van der Waals surface area (Å²) in [6.07, 6.45) is -0.186. The number of aromatic nitrogens is 4. The molecule has 36 heavy (non-hydrogen) atoms. The molecule has 1 saturated heterocycles. The van der Waals surface area contributed by atoms with Crippen molar-refractivity contribution < 1.29 is 13.2 Å². The van der Waals surface area contributed by atoms with Gasteiger partial charge in [0.05, 0.1) is 10.6 Å². The van der Waals surface area contributed by atoms with Gasteiger partial charge in [-0.25, -0.2) is 4.98 Å². The third kappa shape index (κ3) is 6.73. The van der Waals surface area contributed by atoms with E-state index in [-0.39, 0.29) is 11.9 Å². The van der Waals surface area contributed by atoms with Gasteiger partial charge in [-0.05, 0) is 62.7 Å². The van der Waals surface area contributed by atoms with Crippen molar-refractivity contribution in [2.75, 3.05) is 42.1 Å². The lowest BCUT2D eigenvalue weighted by Gasteiger charge is -2.40. The number of rotatable bonds is 8. The summed E-state index contributed by atoms with van der Waals surface area (Å²) in [5.74, 6) is 1.64. The summed E-state index contributed by atoms with van der Waals surface area (Å²) in [6.45, 7) is 5.80. The van der Waals surface area contributed by atoms with E-state index in [0.29, 0.717) is 29.0 Å². The lowest BCUT2D eigenvalue weighted by atomic mass is 10.1. The molecule has 1 atom stereocenters. The minimum Gasteiger partial charge on any atom is -0.368 e. The number of aryl methyl sites for hydroxylation is 1. The first-order valence-corrected chi connectivity index (χ1v) is 12.1. The van der Waals surface area contributed by atoms with E-state index in [1.807, 2.05) is 12.1 Å². The van der Waals surface area contributed by atoms with Crippen LogP contribution in [0.15, 0.2) is 42.6 Å². The Bertz CT molecular complexity index is 1160. The first-order valence-electron chi connectivity index (χ1n) is 11.7. The summed E-state index contributed by atoms with van der Waals surface area (Å²) in [7, 11) is 0. The number of benzene rings is 1. The van der Waals surface area contributed by atoms with Crippen molar-refractivity contribution in [2.24, 2.45) is 0 Å². The van der Waals surface area contributed by atoms with E-state index in [4.69, 9.17) is 17.3 Å². The van der Waals surface area contributed by atoms with E-state index in [2.05, 4.69) is 42.0 Å². The second-order valence-electron chi connectivity index (χ2n) is 8.73. The highest BCUT2D eigenvalue weighted by Gasteiger charge is 2.30. The molecule has 3 aromatic rings. The number of hydrogen-bond acceptors (Lipinski definition) is 8. The Hall–Kier alpha value is -3.18. The number of nitrogen functional groups attached to an aromatic ring is 1. The average Bonchev–Trinajstić information content (AvgIpc) is 2.82. The summed E-state index contributed by atoms with van der Waals surface area (Å²) in [4.78, 5) is 21.7. The molecule has 2 aromatic heterocycles. The van der Waals surface area contributed by atoms with Crippen LogP contribution in [0.1, 0.15) is 31.2 Å². The lowest BCUT2D eigenvalue weighted by molar-refractivity contribution is -0.137. The van der Waals surface area contributed by atoms with Gasteiger partial charge in [-0.1, -0.05) is 11.6 Å². The fraction of sp³-hybridized carbons (Fsp3) is 0.417. The fourth-order valence-electron chi connectivity index (χ4n) is 4.21. The maximum atomic E-state index is 12.8. The van der Waals surface area contributed by atoms with Gasteiger partial charge in [0.15, 0.2) is 0 Å². The van der Waals surface area contributed by atoms with Crippen molar-refractivity contribution in [3.8, 4) is 0 Å². The number of pyridine rings is 1. The third-order valence-corrected chi connectivity index (χ3v) is 6.36. The minimum absolute atomic E-state index is 0.0624. The number of halogens is 4. The normalized spacial score (nSPS) is 16.8. The average molecular weight is 521 g/mol. The number of piperazine rings is 1. The molecule has 1 aliphatic rings. The first-order chi connectivity index (χ1) is 17.2. The summed E-state index contributed by atoms with van der Waals surface area (Å²) >= 11 is 6.30. The van der Waals surface area contributed by atoms with E-state index in [9.17, 15) is 13.2 Å². The van der Waals surface area contributed by atoms with Crippen LogP contribution >= 0.6 is 11.6 Å². The smallest absolute Gasteiger partial charge is 0.368 e. The van der Waals surface area contributed by atoms with Crippen molar-refractivity contribution in [1.29, 1.82) is 0 Å². The summed E-state index contributed by atoms with van der Waals surface area (Å²) in [5.41, 5.74) is 5.54. The molecule has 0 radical (unpaired) electrons. The van der Waals surface area contributed by atoms with Crippen LogP contribution in [0.3, 0.4) is 0 Å². The van der Waals surface area contributed by atoms with Crippen molar-refractivity contribution in [3.05, 3.63) is 59.0 Å². The van der Waals surface area contributed by atoms with E-state index in [1.54, 1.807) is 6.20 Å². The third-order valence-electron chi connectivity index (χ3n) is 6.07. The first kappa shape index (κ1) is 25.9. The highest BCUT2D eigenvalue weighted by Crippen LogP contribution is 2.30. The zero-order valence-corrected chi connectivity index (χ0v) is 20.6. The predicted octanol–water partition coefficient (Wildman–Crippen LogP) is 4.80. The van der Waals surface area contributed by atoms with Gasteiger partial charge in [-0.2, -0.15) is 28.1 Å². The molecule has 0 aliphatic carbocycles. The van der Waals surface area contributed by atoms with Crippen LogP contribution in [0.25, 0.3) is 0 Å². The molecule has 0 saturated carbocycles. The summed E-state index contributed by atoms with van der Waals surface area (Å²) in [6, 6.07) is 8.71. The monoisotopic (exact) mass is 520 g/mol. The van der Waals surface area contributed by atoms with Gasteiger partial charge in [0, 0.05) is 44.0 Å². The van der Waals surface area contributed by atoms with Crippen LogP contribution in [-0.4, -0.2) is 57.1 Å². The number of anilines is 4. The molecule has 3 heterocycles. The number of nitrogens with one attached hydrogen (secondary N) is 1. The van der Waals surface area contributed by atoms with Crippen LogP contribution < -0.4 is 16.0 Å². The molecule has 192 valence electrons. The molecule has 0 bridgehead atoms. The van der Waals surface area contributed by atoms with Crippen LogP contribution in [0.5, 0.6) is 0 Å². The summed E-state index contributed by atoms with van der Waals surface area (Å²) in [5, 5.41) is 3.56. The topological polar surface area (TPSA) is 96.1 Å². The molecule has 4 rings (SSSR count). The van der Waals surface area contributed by atoms with Crippen LogP contribution in [0.4, 0.5) is 36.6 Å². The zero-order valence-electron chi connectivity index (χ0n) is 19.8. The molecule has 12 heteroatoms. The molecule has 0 amide bonds. The van der Waals surface area contributed by atoms with E-state index >= 15 is 0 Å². The maximum absolute atomic E-state index is 12.8. The second kappa shape index (κ2) is 11.3. The standard InChI is InChI=1S/C24H28ClF3N8/c1-16-15-36(21-19(25)5-4-11-30-21)14-13-35(16)12-3-2-6-20-32-22(29)34-23(33-20)31-18-9-7-17(8-10-18)24(26,27)28/h4-5,7-11,16H,2-3,6,12-15H2,1H3,(H3,29,31,32,33,34). The summed E-state index contributed by atoms with van der Waals surface area (Å²) < 4.78 is 38.3. The zero-order chi connectivity index (χ0) is 25.7. The Labute approximate surface area is 212 Å². The molecule has 0 spiro atoms. The van der Waals surface area contributed by atoms with Gasteiger partial charge in [-0.3, -0.25) is 4.90 Å². The molecule has 1 aromatic carbocycles. The van der Waals surface area contributed by atoms with E-state index in [0.717, 1.165) is 57.0 Å². The maximum Gasteiger partial charge on any atom is 0.416 e. The molecule has 3 N–H and O–H groups in total. The van der Waals surface area contributed by atoms with Crippen molar-refractivity contribution >= 4 is 35.0 Å². The second-order valence-corrected chi connectivity index (χ2v) is 9.14. The van der Waals surface area contributed by atoms with E-state index in [1.165, 1.54) is 12.1 Å². The Morgan fingerprint density at radius 2 is 1.86 bits per heavy atom. The van der Waals surface area contributed by atoms with Gasteiger partial charge in [-0.15, -0.1) is 0 Å². The van der Waals surface area contributed by atoms with Crippen LogP contribution in [0, 0.1) is 0 Å². The highest BCUT2D eigenvalue weighted by molar-refractivity contribution is 6.32. The van der Waals surface area contributed by atoms with Crippen molar-refractivity contribution in [2.45, 2.75) is 38.4 Å². The minimum atomic E-state index is -4.39. The fourth-order valence-corrected chi connectivity index (χ4v) is 4.45. The van der Waals surface area contributed by atoms with E-state index < -0.39 is 11.7 Å². The molecule has 1 unspecified atom stereocenters. The SMILES string of the molecule is CC1CN(c2ncccc2Cl)CCN1CCCCc1nc(N)nc(Nc2ccc(C(F)(F)F)cc2)n1. The molecule has 1 fully saturated rings. The van der Waals surface area contributed by atoms with Crippen molar-refractivity contribution in [1.82, 2.24) is 24.8 Å². The van der Waals surface area contributed by atoms with Gasteiger partial charge < -0.3 is 16.0 Å². The van der Waals surface area contributed by atoms with Crippen molar-refractivity contribution in [3.63, 3.8) is 0 Å². The lowest BCUT2D eigenvalue weighted by Crippen LogP contribution is -2.52. The molecule has 1 aliphatic heterocycles. The van der Waals surface area contributed by atoms with Crippen LogP contribution in [-0.2, 0) is 12.6 Å². The number of nitrogens with two attached hydrogens (primary N) is 1. The Morgan fingerprint density at radius 3 is 2.56 bits per heavy atom. The van der Waals surface area contributed by atoms with Gasteiger partial charge in [0.2, 0.25) is 11.9 Å². The number of alkyl halides is 3. The largest absolute Gasteiger partial charge is 0.416 e. The Kier molecular flexibility index (Phi) is 8.10. The quantitative estimate of drug-likeness (QED) is 0.409. The predicted molar refractivity (Wildman–Crippen MR) is 134 cm³/mol. The van der Waals surface area contributed by atoms with Gasteiger partial charge in [0.1, 0.15) is 11.6 Å².